The summed E-state index contributed by atoms with van der Waals surface area (Å²) in [6, 6.07) is 30.6. The van der Waals surface area contributed by atoms with Gasteiger partial charge in [0.15, 0.2) is 14.9 Å². The Morgan fingerprint density at radius 3 is 2.13 bits per heavy atom. The third kappa shape index (κ3) is 10.5. The number of anilines is 1. The van der Waals surface area contributed by atoms with Crippen LogP contribution in [0.25, 0.3) is 0 Å². The van der Waals surface area contributed by atoms with Crippen molar-refractivity contribution in [3.05, 3.63) is 125 Å². The molecule has 0 saturated heterocycles. The maximum absolute atomic E-state index is 14.5. The van der Waals surface area contributed by atoms with E-state index < -0.39 is 20.8 Å². The number of alkyl halides is 2. The minimum absolute atomic E-state index is 0.00272. The summed E-state index contributed by atoms with van der Waals surface area (Å²) in [5.74, 6) is -2.09. The van der Waals surface area contributed by atoms with Crippen LogP contribution in [0, 0.1) is 0 Å². The van der Waals surface area contributed by atoms with E-state index >= 15 is 0 Å². The molecule has 6 nitrogen and oxygen atoms in total. The molecule has 0 unspecified atom stereocenters. The second-order valence-electron chi connectivity index (χ2n) is 13.1. The van der Waals surface area contributed by atoms with Gasteiger partial charge in [0.2, 0.25) is 6.41 Å². The highest BCUT2D eigenvalue weighted by atomic mass is 28.4. The Morgan fingerprint density at radius 1 is 0.830 bits per heavy atom. The van der Waals surface area contributed by atoms with Gasteiger partial charge < -0.3 is 24.5 Å². The van der Waals surface area contributed by atoms with Crippen LogP contribution in [0.1, 0.15) is 49.1 Å². The Morgan fingerprint density at radius 2 is 1.49 bits per heavy atom. The van der Waals surface area contributed by atoms with Gasteiger partial charge in [-0.2, -0.15) is 8.78 Å². The van der Waals surface area contributed by atoms with Gasteiger partial charge in [0.05, 0.1) is 11.8 Å². The molecule has 1 amide bonds. The molecule has 4 aromatic carbocycles. The van der Waals surface area contributed by atoms with E-state index in [-0.39, 0.29) is 16.7 Å². The fourth-order valence-corrected chi connectivity index (χ4v) is 5.99. The van der Waals surface area contributed by atoms with Gasteiger partial charge in [0.25, 0.3) is 0 Å². The summed E-state index contributed by atoms with van der Waals surface area (Å²) in [4.78, 5) is 11.5. The number of amides is 1. The summed E-state index contributed by atoms with van der Waals surface area (Å²) < 4.78 is 47.4. The third-order valence-corrected chi connectivity index (χ3v) is 13.0. The summed E-state index contributed by atoms with van der Waals surface area (Å²) in [5.41, 5.74) is 3.54. The molecule has 4 aromatic rings. The minimum Gasteiger partial charge on any atom is -0.487 e. The summed E-state index contributed by atoms with van der Waals surface area (Å²) in [6.07, 6.45) is 1.13. The maximum Gasteiger partial charge on any atom is 0.306 e. The van der Waals surface area contributed by atoms with Crippen molar-refractivity contribution >= 4 is 20.4 Å². The van der Waals surface area contributed by atoms with Gasteiger partial charge in [-0.15, -0.1) is 0 Å². The normalized spacial score (nSPS) is 12.7. The van der Waals surface area contributed by atoms with E-state index in [4.69, 9.17) is 13.9 Å². The van der Waals surface area contributed by atoms with E-state index in [2.05, 4.69) is 44.5 Å². The molecule has 0 aliphatic carbocycles. The van der Waals surface area contributed by atoms with Gasteiger partial charge in [-0.05, 0) is 72.1 Å². The van der Waals surface area contributed by atoms with Gasteiger partial charge in [0.1, 0.15) is 18.1 Å². The van der Waals surface area contributed by atoms with Crippen LogP contribution in [0.4, 0.5) is 14.5 Å². The van der Waals surface area contributed by atoms with Crippen LogP contribution in [0.5, 0.6) is 11.5 Å². The lowest BCUT2D eigenvalue weighted by Crippen LogP contribution is -2.43. The molecule has 47 heavy (non-hydrogen) atoms. The Bertz CT molecular complexity index is 1550. The standard InChI is InChI=1S/C38H46F2N2O4Si/c1-37(2,3)47(4,5)46-36(31-18-21-35(34(24-31)42-28-43)44-26-30-12-8-6-9-13-30)25-41-23-22-29-16-19-33(20-17-29)45-27-38(39,40)32-14-10-7-11-15-32/h6-21,24,28,36,41H,22-23,25-27H2,1-5H3,(H,42,43)/t36-/m1/s1. The van der Waals surface area contributed by atoms with E-state index in [1.807, 2.05) is 60.7 Å². The van der Waals surface area contributed by atoms with Crippen LogP contribution in [0.2, 0.25) is 18.1 Å². The number of hydrogen-bond donors (Lipinski definition) is 2. The van der Waals surface area contributed by atoms with Crippen molar-refractivity contribution in [2.45, 2.75) is 64.0 Å². The SMILES string of the molecule is CC(C)(C)[Si](C)(C)O[C@H](CNCCc1ccc(OCC(F)(F)c2ccccc2)cc1)c1ccc(OCc2ccccc2)c(NC=O)c1. The van der Waals surface area contributed by atoms with Crippen LogP contribution in [-0.2, 0) is 28.2 Å². The smallest absolute Gasteiger partial charge is 0.306 e. The number of rotatable bonds is 17. The molecule has 4 rings (SSSR count). The van der Waals surface area contributed by atoms with E-state index in [0.29, 0.717) is 43.3 Å². The van der Waals surface area contributed by atoms with Crippen LogP contribution >= 0.6 is 0 Å². The van der Waals surface area contributed by atoms with E-state index in [0.717, 1.165) is 23.1 Å². The summed E-state index contributed by atoms with van der Waals surface area (Å²) in [7, 11) is -2.16. The highest BCUT2D eigenvalue weighted by Crippen LogP contribution is 2.40. The largest absolute Gasteiger partial charge is 0.487 e. The molecule has 0 aliphatic rings. The molecule has 1 atom stereocenters. The van der Waals surface area contributed by atoms with Crippen molar-refractivity contribution in [3.63, 3.8) is 0 Å². The first-order valence-corrected chi connectivity index (χ1v) is 18.8. The lowest BCUT2D eigenvalue weighted by Gasteiger charge is -2.39. The van der Waals surface area contributed by atoms with Crippen LogP contribution in [0.3, 0.4) is 0 Å². The first kappa shape index (κ1) is 35.8. The number of halogens is 2. The van der Waals surface area contributed by atoms with Gasteiger partial charge in [0, 0.05) is 12.1 Å². The maximum atomic E-state index is 14.5. The lowest BCUT2D eigenvalue weighted by molar-refractivity contribution is -0.105. The molecule has 0 aliphatic heterocycles. The van der Waals surface area contributed by atoms with Crippen molar-refractivity contribution in [2.75, 3.05) is 25.0 Å². The number of benzene rings is 4. The van der Waals surface area contributed by atoms with Crippen molar-refractivity contribution in [2.24, 2.45) is 0 Å². The number of carbonyl (C=O) groups excluding carboxylic acids is 1. The predicted molar refractivity (Wildman–Crippen MR) is 187 cm³/mol. The highest BCUT2D eigenvalue weighted by molar-refractivity contribution is 6.74. The van der Waals surface area contributed by atoms with Crippen LogP contribution in [-0.4, -0.2) is 34.4 Å². The van der Waals surface area contributed by atoms with Crippen LogP contribution < -0.4 is 20.1 Å². The highest BCUT2D eigenvalue weighted by Gasteiger charge is 2.39. The molecule has 0 aromatic heterocycles. The summed E-state index contributed by atoms with van der Waals surface area (Å²) >= 11 is 0. The molecule has 250 valence electrons. The second-order valence-corrected chi connectivity index (χ2v) is 17.9. The van der Waals surface area contributed by atoms with Gasteiger partial charge in [-0.3, -0.25) is 4.79 Å². The molecule has 0 fully saturated rings. The molecule has 0 saturated carbocycles. The Balaban J connectivity index is 1.38. The zero-order chi connectivity index (χ0) is 33.9. The third-order valence-electron chi connectivity index (χ3n) is 8.53. The lowest BCUT2D eigenvalue weighted by atomic mass is 10.1. The molecule has 0 radical (unpaired) electrons. The average molecular weight is 661 g/mol. The number of ether oxygens (including phenoxy) is 2. The zero-order valence-corrected chi connectivity index (χ0v) is 28.9. The first-order valence-electron chi connectivity index (χ1n) is 15.9. The van der Waals surface area contributed by atoms with E-state index in [9.17, 15) is 13.6 Å². The van der Waals surface area contributed by atoms with Crippen molar-refractivity contribution < 1.29 is 27.5 Å². The summed E-state index contributed by atoms with van der Waals surface area (Å²) in [5, 5.41) is 6.34. The minimum atomic E-state index is -3.08. The molecule has 0 heterocycles. The average Bonchev–Trinajstić information content (AvgIpc) is 3.05. The quantitative estimate of drug-likeness (QED) is 0.0673. The second kappa shape index (κ2) is 16.2. The number of carbonyl (C=O) groups is 1. The fourth-order valence-electron chi connectivity index (χ4n) is 4.70. The van der Waals surface area contributed by atoms with Crippen molar-refractivity contribution in [3.8, 4) is 11.5 Å². The molecular weight excluding hydrogens is 615 g/mol. The monoisotopic (exact) mass is 660 g/mol. The molecule has 2 N–H and O–H groups in total. The number of nitrogens with one attached hydrogen (secondary N) is 2. The van der Waals surface area contributed by atoms with Crippen LogP contribution in [0.15, 0.2) is 103 Å². The molecular formula is C38H46F2N2O4Si. The fraction of sp³-hybridized carbons (Fsp3) is 0.342. The number of hydrogen-bond acceptors (Lipinski definition) is 5. The van der Waals surface area contributed by atoms with Gasteiger partial charge in [-0.1, -0.05) is 99.6 Å². The van der Waals surface area contributed by atoms with Crippen molar-refractivity contribution in [1.29, 1.82) is 0 Å². The Kier molecular flexibility index (Phi) is 12.3. The topological polar surface area (TPSA) is 68.8 Å². The zero-order valence-electron chi connectivity index (χ0n) is 27.9. The Labute approximate surface area is 278 Å². The Hall–Kier alpha value is -4.05. The van der Waals surface area contributed by atoms with Gasteiger partial charge in [-0.25, -0.2) is 0 Å². The van der Waals surface area contributed by atoms with E-state index in [1.165, 1.54) is 12.1 Å². The summed E-state index contributed by atoms with van der Waals surface area (Å²) in [6.45, 7) is 12.0. The predicted octanol–water partition coefficient (Wildman–Crippen LogP) is 8.90. The van der Waals surface area contributed by atoms with E-state index in [1.54, 1.807) is 30.3 Å². The molecule has 0 bridgehead atoms. The molecule has 0 spiro atoms. The van der Waals surface area contributed by atoms with Crippen molar-refractivity contribution in [1.82, 2.24) is 5.32 Å². The first-order chi connectivity index (χ1) is 22.4. The van der Waals surface area contributed by atoms with Gasteiger partial charge >= 0.3 is 5.92 Å². The molecule has 9 heteroatoms.